The summed E-state index contributed by atoms with van der Waals surface area (Å²) in [5.41, 5.74) is 1.13. The summed E-state index contributed by atoms with van der Waals surface area (Å²) in [6, 6.07) is 8.11. The van der Waals surface area contributed by atoms with Crippen molar-refractivity contribution in [3.05, 3.63) is 45.8 Å². The lowest BCUT2D eigenvalue weighted by atomic mass is 10.0. The Balaban J connectivity index is 1.66. The van der Waals surface area contributed by atoms with Gasteiger partial charge in [-0.05, 0) is 47.2 Å². The van der Waals surface area contributed by atoms with E-state index in [0.717, 1.165) is 21.4 Å². The van der Waals surface area contributed by atoms with Crippen molar-refractivity contribution in [2.45, 2.75) is 32.5 Å². The number of halogens is 1. The Morgan fingerprint density at radius 1 is 1.35 bits per heavy atom. The van der Waals surface area contributed by atoms with Gasteiger partial charge in [0.25, 0.3) is 0 Å². The van der Waals surface area contributed by atoms with Crippen LogP contribution in [0.15, 0.2) is 36.7 Å². The molecular formula is C17H20IN3O2. The number of hydrogen-bond acceptors (Lipinski definition) is 3. The summed E-state index contributed by atoms with van der Waals surface area (Å²) in [5.74, 6) is 1.36. The molecule has 1 aromatic carbocycles. The van der Waals surface area contributed by atoms with Crippen LogP contribution in [0, 0.1) is 9.49 Å². The summed E-state index contributed by atoms with van der Waals surface area (Å²) in [6.07, 6.45) is 4.45. The van der Waals surface area contributed by atoms with E-state index in [4.69, 9.17) is 4.74 Å². The third kappa shape index (κ3) is 3.68. The van der Waals surface area contributed by atoms with Crippen LogP contribution >= 0.6 is 22.6 Å². The van der Waals surface area contributed by atoms with Gasteiger partial charge < -0.3 is 9.64 Å². The lowest BCUT2D eigenvalue weighted by Crippen LogP contribution is -2.33. The van der Waals surface area contributed by atoms with Crippen molar-refractivity contribution in [2.24, 2.45) is 5.92 Å². The number of methoxy groups -OCH3 is 1. The van der Waals surface area contributed by atoms with E-state index >= 15 is 0 Å². The molecule has 6 heteroatoms. The third-order valence-corrected chi connectivity index (χ3v) is 5.02. The average molecular weight is 425 g/mol. The number of ether oxygens (including phenoxy) is 1. The van der Waals surface area contributed by atoms with E-state index in [0.29, 0.717) is 18.9 Å². The first kappa shape index (κ1) is 16.3. The Morgan fingerprint density at radius 3 is 2.70 bits per heavy atom. The summed E-state index contributed by atoms with van der Waals surface area (Å²) in [7, 11) is 1.65. The van der Waals surface area contributed by atoms with Crippen LogP contribution in [0.2, 0.25) is 0 Å². The smallest absolute Gasteiger partial charge is 0.223 e. The normalized spacial score (nSPS) is 21.0. The SMILES string of the molecule is COc1ccc(CN2C(=O)CC(Cn3cc(I)cn3)C2C)cc1. The minimum atomic E-state index is 0.214. The molecule has 1 aliphatic heterocycles. The number of hydrogen-bond donors (Lipinski definition) is 0. The van der Waals surface area contributed by atoms with E-state index in [2.05, 4.69) is 34.6 Å². The second kappa shape index (κ2) is 6.90. The van der Waals surface area contributed by atoms with Gasteiger partial charge in [0.1, 0.15) is 5.75 Å². The first-order valence-corrected chi connectivity index (χ1v) is 8.75. The summed E-state index contributed by atoms with van der Waals surface area (Å²) in [6.45, 7) is 3.57. The molecule has 2 aromatic rings. The molecule has 0 saturated carbocycles. The Morgan fingerprint density at radius 2 is 2.09 bits per heavy atom. The molecular weight excluding hydrogens is 405 g/mol. The standard InChI is InChI=1S/C17H20IN3O2/c1-12-14(10-20-11-15(18)8-19-20)7-17(22)21(12)9-13-3-5-16(23-2)6-4-13/h3-6,8,11-12,14H,7,9-10H2,1-2H3. The van der Waals surface area contributed by atoms with Crippen molar-refractivity contribution in [1.82, 2.24) is 14.7 Å². The number of amides is 1. The fourth-order valence-corrected chi connectivity index (χ4v) is 3.50. The zero-order valence-electron chi connectivity index (χ0n) is 13.3. The molecule has 1 amide bonds. The molecule has 23 heavy (non-hydrogen) atoms. The van der Waals surface area contributed by atoms with Crippen molar-refractivity contribution in [1.29, 1.82) is 0 Å². The minimum absolute atomic E-state index is 0.214. The molecule has 0 radical (unpaired) electrons. The van der Waals surface area contributed by atoms with E-state index in [9.17, 15) is 4.79 Å². The summed E-state index contributed by atoms with van der Waals surface area (Å²) >= 11 is 2.25. The van der Waals surface area contributed by atoms with Crippen LogP contribution in [0.4, 0.5) is 0 Å². The highest BCUT2D eigenvalue weighted by molar-refractivity contribution is 14.1. The number of aromatic nitrogens is 2. The predicted molar refractivity (Wildman–Crippen MR) is 96.1 cm³/mol. The fourth-order valence-electron chi connectivity index (χ4n) is 3.05. The van der Waals surface area contributed by atoms with E-state index in [-0.39, 0.29) is 11.9 Å². The van der Waals surface area contributed by atoms with Gasteiger partial charge in [-0.1, -0.05) is 12.1 Å². The number of likely N-dealkylation sites (tertiary alicyclic amines) is 1. The molecule has 0 bridgehead atoms. The number of rotatable bonds is 5. The summed E-state index contributed by atoms with van der Waals surface area (Å²) in [5, 5.41) is 4.33. The molecule has 122 valence electrons. The first-order chi connectivity index (χ1) is 11.1. The van der Waals surface area contributed by atoms with Gasteiger partial charge in [-0.25, -0.2) is 0 Å². The molecule has 3 rings (SSSR count). The number of benzene rings is 1. The molecule has 0 spiro atoms. The fraction of sp³-hybridized carbons (Fsp3) is 0.412. The second-order valence-corrected chi connectivity index (χ2v) is 7.20. The molecule has 1 aliphatic rings. The van der Waals surface area contributed by atoms with Crippen molar-refractivity contribution >= 4 is 28.5 Å². The summed E-state index contributed by atoms with van der Waals surface area (Å²) in [4.78, 5) is 14.4. The van der Waals surface area contributed by atoms with Crippen LogP contribution in [0.1, 0.15) is 18.9 Å². The van der Waals surface area contributed by atoms with E-state index in [1.807, 2.05) is 46.2 Å². The highest BCUT2D eigenvalue weighted by atomic mass is 127. The first-order valence-electron chi connectivity index (χ1n) is 7.67. The van der Waals surface area contributed by atoms with Gasteiger partial charge in [-0.15, -0.1) is 0 Å². The van der Waals surface area contributed by atoms with E-state index < -0.39 is 0 Å². The van der Waals surface area contributed by atoms with Gasteiger partial charge in [0.05, 0.1) is 16.9 Å². The Hall–Kier alpha value is -1.57. The molecule has 2 heterocycles. The Bertz CT molecular complexity index is 683. The molecule has 2 atom stereocenters. The largest absolute Gasteiger partial charge is 0.497 e. The lowest BCUT2D eigenvalue weighted by Gasteiger charge is -2.25. The van der Waals surface area contributed by atoms with Crippen molar-refractivity contribution in [3.63, 3.8) is 0 Å². The quantitative estimate of drug-likeness (QED) is 0.693. The molecule has 5 nitrogen and oxygen atoms in total. The van der Waals surface area contributed by atoms with Crippen LogP contribution in [0.25, 0.3) is 0 Å². The van der Waals surface area contributed by atoms with Gasteiger partial charge in [0.15, 0.2) is 0 Å². The van der Waals surface area contributed by atoms with E-state index in [1.54, 1.807) is 7.11 Å². The molecule has 1 saturated heterocycles. The van der Waals surface area contributed by atoms with Gasteiger partial charge in [-0.3, -0.25) is 9.48 Å². The molecule has 1 fully saturated rings. The zero-order valence-corrected chi connectivity index (χ0v) is 15.4. The maximum Gasteiger partial charge on any atom is 0.223 e. The highest BCUT2D eigenvalue weighted by Gasteiger charge is 2.36. The maximum atomic E-state index is 12.4. The third-order valence-electron chi connectivity index (χ3n) is 4.47. The maximum absolute atomic E-state index is 12.4. The van der Waals surface area contributed by atoms with Gasteiger partial charge in [0.2, 0.25) is 5.91 Å². The monoisotopic (exact) mass is 425 g/mol. The van der Waals surface area contributed by atoms with Crippen LogP contribution in [-0.4, -0.2) is 33.7 Å². The number of nitrogens with zero attached hydrogens (tertiary/aromatic N) is 3. The van der Waals surface area contributed by atoms with Crippen molar-refractivity contribution in [3.8, 4) is 5.75 Å². The number of carbonyl (C=O) groups is 1. The van der Waals surface area contributed by atoms with Crippen LogP contribution < -0.4 is 4.74 Å². The average Bonchev–Trinajstić information content (AvgIpc) is 3.07. The van der Waals surface area contributed by atoms with E-state index in [1.165, 1.54) is 0 Å². The topological polar surface area (TPSA) is 47.4 Å². The molecule has 2 unspecified atom stereocenters. The van der Waals surface area contributed by atoms with Crippen molar-refractivity contribution in [2.75, 3.05) is 7.11 Å². The van der Waals surface area contributed by atoms with Gasteiger partial charge in [-0.2, -0.15) is 5.10 Å². The van der Waals surface area contributed by atoms with Crippen LogP contribution in [-0.2, 0) is 17.9 Å². The molecule has 0 aliphatic carbocycles. The molecule has 0 N–H and O–H groups in total. The van der Waals surface area contributed by atoms with Crippen molar-refractivity contribution < 1.29 is 9.53 Å². The van der Waals surface area contributed by atoms with Crippen LogP contribution in [0.3, 0.4) is 0 Å². The summed E-state index contributed by atoms with van der Waals surface area (Å²) < 4.78 is 8.23. The Labute approximate surface area is 149 Å². The second-order valence-electron chi connectivity index (χ2n) is 5.96. The predicted octanol–water partition coefficient (Wildman–Crippen LogP) is 2.93. The van der Waals surface area contributed by atoms with Gasteiger partial charge >= 0.3 is 0 Å². The lowest BCUT2D eigenvalue weighted by molar-refractivity contribution is -0.129. The zero-order chi connectivity index (χ0) is 16.4. The molecule has 1 aromatic heterocycles. The number of carbonyl (C=O) groups excluding carboxylic acids is 1. The van der Waals surface area contributed by atoms with Crippen LogP contribution in [0.5, 0.6) is 5.75 Å². The minimum Gasteiger partial charge on any atom is -0.497 e. The Kier molecular flexibility index (Phi) is 4.89. The highest BCUT2D eigenvalue weighted by Crippen LogP contribution is 2.28. The van der Waals surface area contributed by atoms with Gasteiger partial charge in [0, 0.05) is 37.7 Å².